The van der Waals surface area contributed by atoms with Gasteiger partial charge in [0.2, 0.25) is 5.82 Å². The number of rotatable bonds is 4. The van der Waals surface area contributed by atoms with Crippen LogP contribution in [-0.2, 0) is 6.42 Å². The second-order valence-corrected chi connectivity index (χ2v) is 3.83. The highest BCUT2D eigenvalue weighted by Crippen LogP contribution is 2.13. The van der Waals surface area contributed by atoms with Gasteiger partial charge in [-0.25, -0.2) is 0 Å². The Balaban J connectivity index is 2.14. The number of hydrogen-bond donors (Lipinski definition) is 1. The van der Waals surface area contributed by atoms with E-state index in [0.717, 1.165) is 5.56 Å². The molecule has 0 bridgehead atoms. The molecule has 0 saturated carbocycles. The second kappa shape index (κ2) is 5.45. The lowest BCUT2D eigenvalue weighted by atomic mass is 10.1. The Morgan fingerprint density at radius 1 is 1.00 bits per heavy atom. The van der Waals surface area contributed by atoms with E-state index in [9.17, 15) is 0 Å². The van der Waals surface area contributed by atoms with Crippen molar-refractivity contribution in [3.63, 3.8) is 0 Å². The largest absolute Gasteiger partial charge is 0.396 e. The van der Waals surface area contributed by atoms with Gasteiger partial charge in [0.15, 0.2) is 5.82 Å². The maximum Gasteiger partial charge on any atom is 0.203 e. The van der Waals surface area contributed by atoms with Crippen molar-refractivity contribution in [3.8, 4) is 11.4 Å². The highest BCUT2D eigenvalue weighted by Gasteiger charge is 2.03. The average molecular weight is 230 g/mol. The molecule has 0 amide bonds. The fourth-order valence-corrected chi connectivity index (χ4v) is 1.41. The van der Waals surface area contributed by atoms with Crippen molar-refractivity contribution in [2.75, 3.05) is 6.61 Å². The molecule has 17 heavy (non-hydrogen) atoms. The van der Waals surface area contributed by atoms with E-state index in [2.05, 4.69) is 20.4 Å². The van der Waals surface area contributed by atoms with Crippen molar-refractivity contribution in [3.05, 3.63) is 35.7 Å². The molecule has 0 unspecified atom stereocenters. The molecule has 5 nitrogen and oxygen atoms in total. The lowest BCUT2D eigenvalue weighted by molar-refractivity contribution is 0.287. The maximum absolute atomic E-state index is 8.69. The highest BCUT2D eigenvalue weighted by molar-refractivity contribution is 5.53. The van der Waals surface area contributed by atoms with Gasteiger partial charge in [-0.3, -0.25) is 0 Å². The predicted molar refractivity (Wildman–Crippen MR) is 63.2 cm³/mol. The Hall–Kier alpha value is -1.88. The molecule has 2 rings (SSSR count). The molecule has 0 aliphatic carbocycles. The number of nitrogens with zero attached hydrogens (tertiary/aromatic N) is 4. The summed E-state index contributed by atoms with van der Waals surface area (Å²) in [5.74, 6) is 1.09. The van der Waals surface area contributed by atoms with E-state index >= 15 is 0 Å². The van der Waals surface area contributed by atoms with Crippen molar-refractivity contribution in [1.82, 2.24) is 20.4 Å². The van der Waals surface area contributed by atoms with E-state index in [1.807, 2.05) is 31.2 Å². The van der Waals surface area contributed by atoms with Crippen molar-refractivity contribution < 1.29 is 5.11 Å². The molecule has 0 aliphatic heterocycles. The minimum atomic E-state index is 0.128. The average Bonchev–Trinajstić information content (AvgIpc) is 2.38. The molecule has 5 heteroatoms. The maximum atomic E-state index is 8.69. The summed E-state index contributed by atoms with van der Waals surface area (Å²) < 4.78 is 0. The van der Waals surface area contributed by atoms with E-state index in [1.165, 1.54) is 5.56 Å². The molecule has 0 saturated heterocycles. The smallest absolute Gasteiger partial charge is 0.203 e. The third-order valence-electron chi connectivity index (χ3n) is 2.39. The van der Waals surface area contributed by atoms with Crippen molar-refractivity contribution in [2.24, 2.45) is 0 Å². The summed E-state index contributed by atoms with van der Waals surface area (Å²) in [5, 5.41) is 24.7. The van der Waals surface area contributed by atoms with Crippen molar-refractivity contribution in [2.45, 2.75) is 19.8 Å². The van der Waals surface area contributed by atoms with Crippen LogP contribution in [0.3, 0.4) is 0 Å². The monoisotopic (exact) mass is 230 g/mol. The van der Waals surface area contributed by atoms with Gasteiger partial charge in [0.1, 0.15) is 0 Å². The molecule has 0 spiro atoms. The first-order valence-electron chi connectivity index (χ1n) is 5.54. The zero-order chi connectivity index (χ0) is 12.1. The van der Waals surface area contributed by atoms with Crippen molar-refractivity contribution in [1.29, 1.82) is 0 Å². The van der Waals surface area contributed by atoms with Gasteiger partial charge in [0.05, 0.1) is 0 Å². The molecule has 1 N–H and O–H groups in total. The Morgan fingerprint density at radius 2 is 1.65 bits per heavy atom. The molecule has 2 aromatic rings. The number of aliphatic hydroxyl groups is 1. The third-order valence-corrected chi connectivity index (χ3v) is 2.39. The lowest BCUT2D eigenvalue weighted by Crippen LogP contribution is -2.03. The minimum absolute atomic E-state index is 0.128. The van der Waals surface area contributed by atoms with Crippen LogP contribution in [0.1, 0.15) is 17.8 Å². The zero-order valence-electron chi connectivity index (χ0n) is 9.67. The molecule has 0 atom stereocenters. The van der Waals surface area contributed by atoms with Gasteiger partial charge in [-0.2, -0.15) is 0 Å². The summed E-state index contributed by atoms with van der Waals surface area (Å²) in [5.41, 5.74) is 2.10. The van der Waals surface area contributed by atoms with Crippen LogP contribution in [0.2, 0.25) is 0 Å². The Labute approximate surface area is 99.6 Å². The first kappa shape index (κ1) is 11.6. The van der Waals surface area contributed by atoms with E-state index in [1.54, 1.807) is 0 Å². The second-order valence-electron chi connectivity index (χ2n) is 3.83. The molecular weight excluding hydrogens is 216 g/mol. The van der Waals surface area contributed by atoms with Gasteiger partial charge in [-0.1, -0.05) is 29.8 Å². The third kappa shape index (κ3) is 3.04. The van der Waals surface area contributed by atoms with Gasteiger partial charge >= 0.3 is 0 Å². The number of aromatic nitrogens is 4. The molecule has 0 radical (unpaired) electrons. The Kier molecular flexibility index (Phi) is 3.72. The summed E-state index contributed by atoms with van der Waals surface area (Å²) in [6.07, 6.45) is 1.23. The summed E-state index contributed by atoms with van der Waals surface area (Å²) in [4.78, 5) is 0. The minimum Gasteiger partial charge on any atom is -0.396 e. The summed E-state index contributed by atoms with van der Waals surface area (Å²) >= 11 is 0. The number of aryl methyl sites for hydroxylation is 2. The van der Waals surface area contributed by atoms with Crippen LogP contribution >= 0.6 is 0 Å². The number of aliphatic hydroxyl groups excluding tert-OH is 1. The van der Waals surface area contributed by atoms with Gasteiger partial charge in [-0.05, 0) is 13.3 Å². The highest BCUT2D eigenvalue weighted by atomic mass is 16.2. The van der Waals surface area contributed by atoms with Crippen molar-refractivity contribution >= 4 is 0 Å². The standard InChI is InChI=1S/C12H14N4O/c1-9-4-6-10(7-5-9)12-15-13-11(14-16-12)3-2-8-17/h4-7,17H,2-3,8H2,1H3. The summed E-state index contributed by atoms with van der Waals surface area (Å²) in [6, 6.07) is 7.89. The van der Waals surface area contributed by atoms with Gasteiger partial charge < -0.3 is 5.11 Å². The van der Waals surface area contributed by atoms with Gasteiger partial charge in [0.25, 0.3) is 0 Å². The number of benzene rings is 1. The molecule has 88 valence electrons. The molecule has 1 aromatic carbocycles. The van der Waals surface area contributed by atoms with Crippen LogP contribution in [0.15, 0.2) is 24.3 Å². The Morgan fingerprint density at radius 3 is 2.24 bits per heavy atom. The van der Waals surface area contributed by atoms with E-state index in [-0.39, 0.29) is 6.61 Å². The molecule has 0 aliphatic rings. The topological polar surface area (TPSA) is 71.8 Å². The normalized spacial score (nSPS) is 10.5. The molecular formula is C12H14N4O. The fourth-order valence-electron chi connectivity index (χ4n) is 1.41. The predicted octanol–water partition coefficient (Wildman–Crippen LogP) is 1.17. The summed E-state index contributed by atoms with van der Waals surface area (Å²) in [7, 11) is 0. The van der Waals surface area contributed by atoms with Crippen LogP contribution in [0.4, 0.5) is 0 Å². The van der Waals surface area contributed by atoms with E-state index in [4.69, 9.17) is 5.11 Å². The first-order valence-corrected chi connectivity index (χ1v) is 5.54. The zero-order valence-corrected chi connectivity index (χ0v) is 9.67. The fraction of sp³-hybridized carbons (Fsp3) is 0.333. The van der Waals surface area contributed by atoms with E-state index < -0.39 is 0 Å². The van der Waals surface area contributed by atoms with Crippen LogP contribution < -0.4 is 0 Å². The number of hydrogen-bond acceptors (Lipinski definition) is 5. The molecule has 0 fully saturated rings. The van der Waals surface area contributed by atoms with Crippen LogP contribution in [0, 0.1) is 6.92 Å². The quantitative estimate of drug-likeness (QED) is 0.853. The summed E-state index contributed by atoms with van der Waals surface area (Å²) in [6.45, 7) is 2.15. The van der Waals surface area contributed by atoms with Crippen LogP contribution in [0.25, 0.3) is 11.4 Å². The first-order chi connectivity index (χ1) is 8.29. The SMILES string of the molecule is Cc1ccc(-c2nnc(CCCO)nn2)cc1. The van der Waals surface area contributed by atoms with E-state index in [0.29, 0.717) is 24.5 Å². The van der Waals surface area contributed by atoms with Gasteiger partial charge in [0, 0.05) is 18.6 Å². The van der Waals surface area contributed by atoms with Crippen LogP contribution in [-0.4, -0.2) is 32.1 Å². The Bertz CT molecular complexity index is 467. The molecule has 1 heterocycles. The molecule has 1 aromatic heterocycles. The van der Waals surface area contributed by atoms with Gasteiger partial charge in [-0.15, -0.1) is 20.4 Å². The lowest BCUT2D eigenvalue weighted by Gasteiger charge is -2.00. The van der Waals surface area contributed by atoms with Crippen LogP contribution in [0.5, 0.6) is 0 Å².